The molecule has 0 radical (unpaired) electrons. The van der Waals surface area contributed by atoms with E-state index in [1.165, 1.54) is 6.42 Å². The van der Waals surface area contributed by atoms with Crippen LogP contribution in [0.1, 0.15) is 25.7 Å². The number of fused-ring (bicyclic) bond motifs is 2. The van der Waals surface area contributed by atoms with Crippen LogP contribution in [0.25, 0.3) is 0 Å². The van der Waals surface area contributed by atoms with Gasteiger partial charge >= 0.3 is 0 Å². The predicted molar refractivity (Wildman–Crippen MR) is 63.3 cm³/mol. The fraction of sp³-hybridized carbons (Fsp3) is 1.00. The second kappa shape index (κ2) is 5.00. The number of piperidine rings is 1. The maximum atomic E-state index is 12.0. The molecule has 2 bridgehead atoms. The van der Waals surface area contributed by atoms with E-state index >= 15 is 0 Å². The largest absolute Gasteiger partial charge is 0.320 e. The first-order chi connectivity index (χ1) is 7.63. The Balaban J connectivity index is 1.83. The number of rotatable bonds is 6. The lowest BCUT2D eigenvalue weighted by atomic mass is 10.1. The SMILES string of the molecule is CNCCCNS(=O)(=O)N1CC2CCC1C2. The van der Waals surface area contributed by atoms with Gasteiger partial charge in [0.25, 0.3) is 10.2 Å². The molecule has 1 aliphatic carbocycles. The number of hydrogen-bond acceptors (Lipinski definition) is 3. The summed E-state index contributed by atoms with van der Waals surface area (Å²) in [5.41, 5.74) is 0. The lowest BCUT2D eigenvalue weighted by Gasteiger charge is -2.26. The molecule has 2 rings (SSSR count). The van der Waals surface area contributed by atoms with Crippen molar-refractivity contribution in [3.05, 3.63) is 0 Å². The Hall–Kier alpha value is -0.170. The Morgan fingerprint density at radius 3 is 2.69 bits per heavy atom. The van der Waals surface area contributed by atoms with Gasteiger partial charge in [-0.3, -0.25) is 0 Å². The van der Waals surface area contributed by atoms with E-state index in [9.17, 15) is 8.42 Å². The van der Waals surface area contributed by atoms with Crippen LogP contribution in [0.2, 0.25) is 0 Å². The standard InChI is InChI=1S/C10H21N3O2S/c1-11-5-2-6-12-16(14,15)13-8-9-3-4-10(13)7-9/h9-12H,2-8H2,1H3. The van der Waals surface area contributed by atoms with Crippen LogP contribution >= 0.6 is 0 Å². The van der Waals surface area contributed by atoms with Gasteiger partial charge < -0.3 is 5.32 Å². The van der Waals surface area contributed by atoms with E-state index < -0.39 is 10.2 Å². The highest BCUT2D eigenvalue weighted by molar-refractivity contribution is 7.87. The smallest absolute Gasteiger partial charge is 0.279 e. The minimum atomic E-state index is -3.22. The summed E-state index contributed by atoms with van der Waals surface area (Å²) in [6, 6.07) is 0.270. The molecule has 0 aromatic rings. The highest BCUT2D eigenvalue weighted by Gasteiger charge is 2.43. The number of hydrogen-bond donors (Lipinski definition) is 2. The van der Waals surface area contributed by atoms with Crippen LogP contribution < -0.4 is 10.0 Å². The van der Waals surface area contributed by atoms with Gasteiger partial charge in [-0.1, -0.05) is 0 Å². The van der Waals surface area contributed by atoms with Gasteiger partial charge in [-0.25, -0.2) is 4.72 Å². The zero-order valence-electron chi connectivity index (χ0n) is 9.78. The van der Waals surface area contributed by atoms with Gasteiger partial charge in [-0.05, 0) is 45.2 Å². The van der Waals surface area contributed by atoms with E-state index in [-0.39, 0.29) is 6.04 Å². The Labute approximate surface area is 97.8 Å². The van der Waals surface area contributed by atoms with Crippen molar-refractivity contribution in [1.29, 1.82) is 0 Å². The maximum Gasteiger partial charge on any atom is 0.279 e. The molecule has 16 heavy (non-hydrogen) atoms. The molecule has 2 atom stereocenters. The summed E-state index contributed by atoms with van der Waals surface area (Å²) in [6.07, 6.45) is 4.15. The molecule has 6 heteroatoms. The van der Waals surface area contributed by atoms with Crippen molar-refractivity contribution < 1.29 is 8.42 Å². The fourth-order valence-electron chi connectivity index (χ4n) is 2.72. The molecule has 1 saturated carbocycles. The lowest BCUT2D eigenvalue weighted by Crippen LogP contribution is -2.45. The highest BCUT2D eigenvalue weighted by Crippen LogP contribution is 2.38. The molecule has 2 N–H and O–H groups in total. The third kappa shape index (κ3) is 2.56. The van der Waals surface area contributed by atoms with E-state index in [2.05, 4.69) is 10.0 Å². The van der Waals surface area contributed by atoms with Crippen molar-refractivity contribution in [2.75, 3.05) is 26.7 Å². The van der Waals surface area contributed by atoms with Crippen molar-refractivity contribution in [3.63, 3.8) is 0 Å². The first-order valence-electron chi connectivity index (χ1n) is 6.04. The Morgan fingerprint density at radius 1 is 1.31 bits per heavy atom. The average Bonchev–Trinajstić information content (AvgIpc) is 2.86. The summed E-state index contributed by atoms with van der Waals surface area (Å²) in [4.78, 5) is 0. The molecule has 2 fully saturated rings. The van der Waals surface area contributed by atoms with E-state index in [0.29, 0.717) is 12.5 Å². The molecule has 1 saturated heterocycles. The van der Waals surface area contributed by atoms with Crippen LogP contribution in [0, 0.1) is 5.92 Å². The maximum absolute atomic E-state index is 12.0. The summed E-state index contributed by atoms with van der Waals surface area (Å²) in [5.74, 6) is 0.610. The van der Waals surface area contributed by atoms with Gasteiger partial charge in [0.05, 0.1) is 0 Å². The summed E-state index contributed by atoms with van der Waals surface area (Å²) >= 11 is 0. The van der Waals surface area contributed by atoms with Crippen molar-refractivity contribution in [3.8, 4) is 0 Å². The number of nitrogens with zero attached hydrogens (tertiary/aromatic N) is 1. The zero-order chi connectivity index (χ0) is 11.6. The molecule has 5 nitrogen and oxygen atoms in total. The second-order valence-electron chi connectivity index (χ2n) is 4.76. The Kier molecular flexibility index (Phi) is 3.84. The molecule has 1 aliphatic heterocycles. The Morgan fingerprint density at radius 2 is 2.12 bits per heavy atom. The van der Waals surface area contributed by atoms with Crippen LogP contribution in [0.3, 0.4) is 0 Å². The first kappa shape index (κ1) is 12.3. The molecule has 1 heterocycles. The van der Waals surface area contributed by atoms with Gasteiger partial charge in [0.2, 0.25) is 0 Å². The minimum absolute atomic E-state index is 0.270. The molecular weight excluding hydrogens is 226 g/mol. The predicted octanol–water partition coefficient (Wildman–Crippen LogP) is -0.0854. The van der Waals surface area contributed by atoms with Crippen LogP contribution in [0.5, 0.6) is 0 Å². The average molecular weight is 247 g/mol. The van der Waals surface area contributed by atoms with Gasteiger partial charge in [-0.2, -0.15) is 12.7 Å². The summed E-state index contributed by atoms with van der Waals surface area (Å²) in [6.45, 7) is 2.09. The topological polar surface area (TPSA) is 61.4 Å². The third-order valence-corrected chi connectivity index (χ3v) is 5.19. The van der Waals surface area contributed by atoms with Crippen molar-refractivity contribution >= 4 is 10.2 Å². The summed E-state index contributed by atoms with van der Waals surface area (Å²) < 4.78 is 28.3. The van der Waals surface area contributed by atoms with E-state index in [1.807, 2.05) is 7.05 Å². The molecule has 0 spiro atoms. The van der Waals surface area contributed by atoms with E-state index in [0.717, 1.165) is 32.4 Å². The normalized spacial score (nSPS) is 30.1. The molecule has 94 valence electrons. The van der Waals surface area contributed by atoms with Gasteiger partial charge in [0.15, 0.2) is 0 Å². The van der Waals surface area contributed by atoms with Gasteiger partial charge in [0.1, 0.15) is 0 Å². The van der Waals surface area contributed by atoms with Crippen LogP contribution in [0.15, 0.2) is 0 Å². The van der Waals surface area contributed by atoms with Gasteiger partial charge in [0, 0.05) is 19.1 Å². The summed E-state index contributed by atoms with van der Waals surface area (Å²) in [7, 11) is -1.35. The molecule has 0 amide bonds. The van der Waals surface area contributed by atoms with E-state index in [1.54, 1.807) is 4.31 Å². The van der Waals surface area contributed by atoms with Crippen molar-refractivity contribution in [2.45, 2.75) is 31.7 Å². The second-order valence-corrected chi connectivity index (χ2v) is 6.47. The number of nitrogens with one attached hydrogen (secondary N) is 2. The van der Waals surface area contributed by atoms with Crippen LogP contribution in [-0.2, 0) is 10.2 Å². The minimum Gasteiger partial charge on any atom is -0.320 e. The molecule has 0 aromatic heterocycles. The molecule has 0 aromatic carbocycles. The quantitative estimate of drug-likeness (QED) is 0.645. The van der Waals surface area contributed by atoms with Crippen LogP contribution in [-0.4, -0.2) is 45.4 Å². The zero-order valence-corrected chi connectivity index (χ0v) is 10.6. The van der Waals surface area contributed by atoms with Crippen molar-refractivity contribution in [2.24, 2.45) is 5.92 Å². The molecule has 2 aliphatic rings. The molecule has 2 unspecified atom stereocenters. The lowest BCUT2D eigenvalue weighted by molar-refractivity contribution is 0.328. The fourth-order valence-corrected chi connectivity index (χ4v) is 4.28. The summed E-state index contributed by atoms with van der Waals surface area (Å²) in [5, 5.41) is 3.00. The van der Waals surface area contributed by atoms with Crippen LogP contribution in [0.4, 0.5) is 0 Å². The monoisotopic (exact) mass is 247 g/mol. The first-order valence-corrected chi connectivity index (χ1v) is 7.48. The molecular formula is C10H21N3O2S. The highest BCUT2D eigenvalue weighted by atomic mass is 32.2. The van der Waals surface area contributed by atoms with E-state index in [4.69, 9.17) is 0 Å². The van der Waals surface area contributed by atoms with Crippen molar-refractivity contribution in [1.82, 2.24) is 14.3 Å². The third-order valence-electron chi connectivity index (χ3n) is 3.56. The van der Waals surface area contributed by atoms with Gasteiger partial charge in [-0.15, -0.1) is 0 Å². The Bertz CT molecular complexity index is 331.